The van der Waals surface area contributed by atoms with E-state index in [1.54, 1.807) is 17.5 Å². The predicted octanol–water partition coefficient (Wildman–Crippen LogP) is 3.04. The molecule has 0 bridgehead atoms. The van der Waals surface area contributed by atoms with Crippen molar-refractivity contribution in [1.29, 1.82) is 0 Å². The minimum absolute atomic E-state index is 0.137. The van der Waals surface area contributed by atoms with Gasteiger partial charge in [-0.1, -0.05) is 24.3 Å². The van der Waals surface area contributed by atoms with Crippen molar-refractivity contribution in [2.45, 2.75) is 38.0 Å². The molecule has 124 valence electrons. The lowest BCUT2D eigenvalue weighted by Crippen LogP contribution is -2.27. The summed E-state index contributed by atoms with van der Waals surface area (Å²) in [4.78, 5) is 9.98. The van der Waals surface area contributed by atoms with Gasteiger partial charge in [0.15, 0.2) is 5.82 Å². The van der Waals surface area contributed by atoms with Gasteiger partial charge in [-0.25, -0.2) is 9.97 Å². The van der Waals surface area contributed by atoms with Crippen LogP contribution in [0.15, 0.2) is 42.9 Å². The van der Waals surface area contributed by atoms with E-state index in [-0.39, 0.29) is 6.04 Å². The van der Waals surface area contributed by atoms with Gasteiger partial charge in [0.1, 0.15) is 11.1 Å². The number of nitrogens with zero attached hydrogens (tertiary/aromatic N) is 3. The van der Waals surface area contributed by atoms with E-state index < -0.39 is 12.2 Å². The van der Waals surface area contributed by atoms with Gasteiger partial charge in [-0.3, -0.25) is 0 Å². The van der Waals surface area contributed by atoms with Gasteiger partial charge < -0.3 is 14.8 Å². The number of hydrogen-bond acceptors (Lipinski definition) is 5. The highest BCUT2D eigenvalue weighted by molar-refractivity contribution is 7.18. The molecule has 1 fully saturated rings. The third-order valence-corrected chi connectivity index (χ3v) is 5.70. The van der Waals surface area contributed by atoms with Crippen molar-refractivity contribution in [2.75, 3.05) is 0 Å². The average molecular weight is 341 g/mol. The number of benzene rings is 1. The van der Waals surface area contributed by atoms with Crippen LogP contribution < -0.4 is 0 Å². The highest BCUT2D eigenvalue weighted by Crippen LogP contribution is 2.37. The Morgan fingerprint density at radius 3 is 2.75 bits per heavy atom. The molecule has 2 N–H and O–H groups in total. The Morgan fingerprint density at radius 1 is 1.17 bits per heavy atom. The molecule has 0 saturated heterocycles. The molecule has 1 aliphatic rings. The second kappa shape index (κ2) is 6.12. The van der Waals surface area contributed by atoms with Crippen LogP contribution in [0.5, 0.6) is 0 Å². The van der Waals surface area contributed by atoms with E-state index in [2.05, 4.69) is 29.0 Å². The van der Waals surface area contributed by atoms with Crippen LogP contribution in [0.3, 0.4) is 0 Å². The second-order valence-corrected chi connectivity index (χ2v) is 7.24. The van der Waals surface area contributed by atoms with Crippen LogP contribution in [-0.4, -0.2) is 37.0 Å². The lowest BCUT2D eigenvalue weighted by Gasteiger charge is -2.19. The van der Waals surface area contributed by atoms with E-state index in [1.807, 2.05) is 29.1 Å². The van der Waals surface area contributed by atoms with Crippen LogP contribution in [0, 0.1) is 6.92 Å². The molecular formula is C18H19N3O2S. The van der Waals surface area contributed by atoms with Gasteiger partial charge in [-0.05, 0) is 25.3 Å². The van der Waals surface area contributed by atoms with Crippen molar-refractivity contribution >= 4 is 11.3 Å². The molecule has 1 aromatic carbocycles. The Bertz CT molecular complexity index is 857. The van der Waals surface area contributed by atoms with Crippen molar-refractivity contribution in [3.05, 3.63) is 48.4 Å². The quantitative estimate of drug-likeness (QED) is 0.768. The molecular weight excluding hydrogens is 322 g/mol. The maximum absolute atomic E-state index is 10.2. The standard InChI is InChI=1S/C18H19N3O2S/c1-11-4-2-3-5-12(11)18-20-10-15(24-18)17-19-8-9-21(17)13-6-7-14(22)16(13)23/h2-5,8-10,13-14,16,22-23H,6-7H2,1H3/t13-,14-,16+/m1/s1. The highest BCUT2D eigenvalue weighted by Gasteiger charge is 2.35. The molecule has 0 radical (unpaired) electrons. The largest absolute Gasteiger partial charge is 0.390 e. The minimum Gasteiger partial charge on any atom is -0.390 e. The van der Waals surface area contributed by atoms with Gasteiger partial charge >= 0.3 is 0 Å². The Balaban J connectivity index is 1.69. The van der Waals surface area contributed by atoms with Gasteiger partial charge in [0.25, 0.3) is 0 Å². The van der Waals surface area contributed by atoms with E-state index in [1.165, 1.54) is 5.56 Å². The summed E-state index contributed by atoms with van der Waals surface area (Å²) < 4.78 is 1.97. The number of aliphatic hydroxyl groups excluding tert-OH is 2. The molecule has 1 saturated carbocycles. The van der Waals surface area contributed by atoms with E-state index >= 15 is 0 Å². The number of aryl methyl sites for hydroxylation is 1. The Hall–Kier alpha value is -2.02. The molecule has 2 aromatic heterocycles. The average Bonchev–Trinajstić information content (AvgIpc) is 3.29. The van der Waals surface area contributed by atoms with Crippen molar-refractivity contribution in [3.8, 4) is 21.3 Å². The number of aromatic nitrogens is 3. The van der Waals surface area contributed by atoms with Crippen molar-refractivity contribution in [1.82, 2.24) is 14.5 Å². The molecule has 2 heterocycles. The summed E-state index contributed by atoms with van der Waals surface area (Å²) in [5, 5.41) is 21.0. The first-order valence-electron chi connectivity index (χ1n) is 8.06. The van der Waals surface area contributed by atoms with Crippen molar-refractivity contribution in [2.24, 2.45) is 0 Å². The molecule has 6 heteroatoms. The second-order valence-electron chi connectivity index (χ2n) is 6.21. The SMILES string of the molecule is Cc1ccccc1-c1ncc(-c2nccn2[C@@H]2CC[C@@H](O)[C@H]2O)s1. The fourth-order valence-corrected chi connectivity index (χ4v) is 4.34. The van der Waals surface area contributed by atoms with Gasteiger partial charge in [0, 0.05) is 24.2 Å². The number of rotatable bonds is 3. The third-order valence-electron chi connectivity index (χ3n) is 4.67. The lowest BCUT2D eigenvalue weighted by atomic mass is 10.1. The van der Waals surface area contributed by atoms with Crippen LogP contribution in [0.2, 0.25) is 0 Å². The minimum atomic E-state index is -0.748. The Morgan fingerprint density at radius 2 is 2.00 bits per heavy atom. The fourth-order valence-electron chi connectivity index (χ4n) is 3.33. The summed E-state index contributed by atoms with van der Waals surface area (Å²) in [5.41, 5.74) is 2.32. The normalized spacial score (nSPS) is 23.7. The fraction of sp³-hybridized carbons (Fsp3) is 0.333. The molecule has 3 aromatic rings. The van der Waals surface area contributed by atoms with Gasteiger partial charge in [-0.2, -0.15) is 0 Å². The number of thiazole rings is 1. The Kier molecular flexibility index (Phi) is 3.96. The summed E-state index contributed by atoms with van der Waals surface area (Å²) in [5.74, 6) is 0.797. The smallest absolute Gasteiger partial charge is 0.152 e. The first-order chi connectivity index (χ1) is 11.6. The summed E-state index contributed by atoms with van der Waals surface area (Å²) in [7, 11) is 0. The maximum atomic E-state index is 10.2. The summed E-state index contributed by atoms with van der Waals surface area (Å²) in [6.07, 6.45) is 5.39. The van der Waals surface area contributed by atoms with Crippen molar-refractivity contribution in [3.63, 3.8) is 0 Å². The van der Waals surface area contributed by atoms with Gasteiger partial charge in [-0.15, -0.1) is 11.3 Å². The third kappa shape index (κ3) is 2.56. The molecule has 1 aliphatic carbocycles. The van der Waals surface area contributed by atoms with Crippen LogP contribution in [0.4, 0.5) is 0 Å². The molecule has 24 heavy (non-hydrogen) atoms. The zero-order chi connectivity index (χ0) is 16.7. The molecule has 5 nitrogen and oxygen atoms in total. The van der Waals surface area contributed by atoms with E-state index in [4.69, 9.17) is 0 Å². The van der Waals surface area contributed by atoms with Gasteiger partial charge in [0.05, 0.1) is 17.0 Å². The molecule has 3 atom stereocenters. The molecule has 4 rings (SSSR count). The molecule has 0 aliphatic heterocycles. The van der Waals surface area contributed by atoms with E-state index in [0.717, 1.165) is 27.7 Å². The van der Waals surface area contributed by atoms with Crippen LogP contribution in [0.25, 0.3) is 21.3 Å². The summed E-state index contributed by atoms with van der Waals surface area (Å²) >= 11 is 1.59. The van der Waals surface area contributed by atoms with Crippen LogP contribution >= 0.6 is 11.3 Å². The number of aliphatic hydroxyl groups is 2. The van der Waals surface area contributed by atoms with E-state index in [9.17, 15) is 10.2 Å². The Labute approximate surface area is 144 Å². The first kappa shape index (κ1) is 15.5. The summed E-state index contributed by atoms with van der Waals surface area (Å²) in [6.45, 7) is 2.08. The lowest BCUT2D eigenvalue weighted by molar-refractivity contribution is 0.0238. The zero-order valence-corrected chi connectivity index (χ0v) is 14.1. The monoisotopic (exact) mass is 341 g/mol. The zero-order valence-electron chi connectivity index (χ0n) is 13.3. The van der Waals surface area contributed by atoms with Crippen molar-refractivity contribution < 1.29 is 10.2 Å². The van der Waals surface area contributed by atoms with Gasteiger partial charge in [0.2, 0.25) is 0 Å². The molecule has 0 amide bonds. The maximum Gasteiger partial charge on any atom is 0.152 e. The van der Waals surface area contributed by atoms with Crippen LogP contribution in [0.1, 0.15) is 24.4 Å². The topological polar surface area (TPSA) is 71.2 Å². The number of hydrogen-bond donors (Lipinski definition) is 2. The van der Waals surface area contributed by atoms with Crippen LogP contribution in [-0.2, 0) is 0 Å². The summed E-state index contributed by atoms with van der Waals surface area (Å²) in [6, 6.07) is 8.05. The molecule has 0 unspecified atom stereocenters. The highest BCUT2D eigenvalue weighted by atomic mass is 32.1. The first-order valence-corrected chi connectivity index (χ1v) is 8.88. The molecule has 0 spiro atoms. The predicted molar refractivity (Wildman–Crippen MR) is 93.8 cm³/mol. The number of imidazole rings is 1. The van der Waals surface area contributed by atoms with E-state index in [0.29, 0.717) is 6.42 Å².